The molecule has 20 heavy (non-hydrogen) atoms. The number of fused-ring (bicyclic) bond motifs is 1. The lowest BCUT2D eigenvalue weighted by molar-refractivity contribution is -0.125. The summed E-state index contributed by atoms with van der Waals surface area (Å²) in [5.74, 6) is -0.829. The van der Waals surface area contributed by atoms with Gasteiger partial charge >= 0.3 is 6.03 Å². The number of urea groups is 1. The van der Waals surface area contributed by atoms with Gasteiger partial charge in [0.25, 0.3) is 5.56 Å². The van der Waals surface area contributed by atoms with Crippen LogP contribution < -0.4 is 16.2 Å². The van der Waals surface area contributed by atoms with Crippen LogP contribution in [0.2, 0.25) is 0 Å². The molecule has 2 aromatic heterocycles. The molecule has 9 nitrogen and oxygen atoms in total. The highest BCUT2D eigenvalue weighted by Crippen LogP contribution is 2.20. The molecule has 2 heterocycles. The maximum absolute atomic E-state index is 12.2. The summed E-state index contributed by atoms with van der Waals surface area (Å²) >= 11 is 0. The van der Waals surface area contributed by atoms with E-state index in [-0.39, 0.29) is 17.1 Å². The van der Waals surface area contributed by atoms with Crippen LogP contribution in [-0.4, -0.2) is 31.9 Å². The van der Waals surface area contributed by atoms with Gasteiger partial charge in [-0.15, -0.1) is 0 Å². The van der Waals surface area contributed by atoms with E-state index in [4.69, 9.17) is 5.73 Å². The topological polar surface area (TPSA) is 138 Å². The molecule has 0 unspecified atom stereocenters. The first-order valence-corrected chi connectivity index (χ1v) is 5.79. The molecule has 0 aliphatic carbocycles. The van der Waals surface area contributed by atoms with Gasteiger partial charge in [-0.05, 0) is 0 Å². The zero-order valence-corrected chi connectivity index (χ0v) is 11.2. The molecule has 0 aromatic carbocycles. The largest absolute Gasteiger partial charge is 0.351 e. The fourth-order valence-electron chi connectivity index (χ4n) is 1.57. The lowest BCUT2D eigenvalue weighted by Crippen LogP contribution is -2.47. The second-order valence-corrected chi connectivity index (χ2v) is 5.22. The van der Waals surface area contributed by atoms with E-state index < -0.39 is 22.9 Å². The van der Waals surface area contributed by atoms with Crippen LogP contribution in [0.1, 0.15) is 20.8 Å². The van der Waals surface area contributed by atoms with Gasteiger partial charge < -0.3 is 10.7 Å². The molecule has 0 spiro atoms. The van der Waals surface area contributed by atoms with Crippen LogP contribution >= 0.6 is 0 Å². The Kier molecular flexibility index (Phi) is 3.04. The fourth-order valence-corrected chi connectivity index (χ4v) is 1.57. The van der Waals surface area contributed by atoms with Crippen molar-refractivity contribution in [2.75, 3.05) is 4.90 Å². The van der Waals surface area contributed by atoms with Gasteiger partial charge in [0.15, 0.2) is 11.2 Å². The number of rotatable bonds is 1. The highest BCUT2D eigenvalue weighted by molar-refractivity contribution is 6.14. The normalized spacial score (nSPS) is 11.6. The first-order chi connectivity index (χ1) is 9.21. The lowest BCUT2D eigenvalue weighted by Gasteiger charge is -2.24. The zero-order valence-electron chi connectivity index (χ0n) is 11.2. The molecule has 0 bridgehead atoms. The Labute approximate surface area is 113 Å². The molecule has 2 rings (SSSR count). The van der Waals surface area contributed by atoms with E-state index in [1.807, 2.05) is 0 Å². The van der Waals surface area contributed by atoms with Crippen LogP contribution in [0.5, 0.6) is 0 Å². The van der Waals surface area contributed by atoms with Gasteiger partial charge in [0.2, 0.25) is 11.9 Å². The SMILES string of the molecule is CC(C)(C)C(=O)N(C(N)=O)c1nc2nc[nH]c2c(=O)[nH]1. The number of hydrogen-bond acceptors (Lipinski definition) is 5. The third kappa shape index (κ3) is 2.25. The van der Waals surface area contributed by atoms with E-state index in [9.17, 15) is 14.4 Å². The molecule has 0 atom stereocenters. The summed E-state index contributed by atoms with van der Waals surface area (Å²) in [5, 5.41) is 0. The Hall–Kier alpha value is -2.71. The van der Waals surface area contributed by atoms with E-state index in [0.717, 1.165) is 0 Å². The van der Waals surface area contributed by atoms with Crippen molar-refractivity contribution in [3.63, 3.8) is 0 Å². The van der Waals surface area contributed by atoms with Gasteiger partial charge in [-0.1, -0.05) is 20.8 Å². The number of H-pyrrole nitrogens is 2. The van der Waals surface area contributed by atoms with Crippen molar-refractivity contribution in [3.05, 3.63) is 16.7 Å². The van der Waals surface area contributed by atoms with Gasteiger partial charge in [0.1, 0.15) is 0 Å². The van der Waals surface area contributed by atoms with Crippen LogP contribution in [0.15, 0.2) is 11.1 Å². The highest BCUT2D eigenvalue weighted by Gasteiger charge is 2.33. The van der Waals surface area contributed by atoms with Gasteiger partial charge in [-0.25, -0.2) is 9.78 Å². The number of nitrogens with zero attached hydrogens (tertiary/aromatic N) is 3. The molecule has 0 saturated carbocycles. The first kappa shape index (κ1) is 13.7. The molecule has 3 amide bonds. The van der Waals surface area contributed by atoms with Crippen molar-refractivity contribution >= 4 is 29.1 Å². The van der Waals surface area contributed by atoms with Crippen molar-refractivity contribution < 1.29 is 9.59 Å². The molecule has 0 fully saturated rings. The van der Waals surface area contributed by atoms with E-state index in [1.165, 1.54) is 6.33 Å². The molecule has 0 radical (unpaired) electrons. The van der Waals surface area contributed by atoms with Crippen molar-refractivity contribution in [2.24, 2.45) is 11.1 Å². The van der Waals surface area contributed by atoms with E-state index in [1.54, 1.807) is 20.8 Å². The maximum atomic E-state index is 12.2. The summed E-state index contributed by atoms with van der Waals surface area (Å²) in [6.07, 6.45) is 1.29. The van der Waals surface area contributed by atoms with Gasteiger partial charge in [-0.2, -0.15) is 9.88 Å². The number of primary amides is 1. The number of amides is 3. The Morgan fingerprint density at radius 1 is 1.35 bits per heavy atom. The van der Waals surface area contributed by atoms with Crippen molar-refractivity contribution in [1.29, 1.82) is 0 Å². The number of imidazole rings is 1. The maximum Gasteiger partial charge on any atom is 0.328 e. The number of anilines is 1. The zero-order chi connectivity index (χ0) is 15.1. The average Bonchev–Trinajstić information content (AvgIpc) is 2.76. The number of nitrogens with two attached hydrogens (primary N) is 1. The quantitative estimate of drug-likeness (QED) is 0.679. The predicted octanol–water partition coefficient (Wildman–Crippen LogP) is 0.104. The number of nitrogens with one attached hydrogen (secondary N) is 2. The summed E-state index contributed by atoms with van der Waals surface area (Å²) in [7, 11) is 0. The molecular formula is C11H14N6O3. The van der Waals surface area contributed by atoms with Crippen molar-refractivity contribution in [1.82, 2.24) is 19.9 Å². The third-order valence-electron chi connectivity index (χ3n) is 2.56. The minimum absolute atomic E-state index is 0.0942. The second kappa shape index (κ2) is 4.44. The molecule has 0 saturated heterocycles. The summed E-state index contributed by atoms with van der Waals surface area (Å²) in [5.41, 5.74) is 4.05. The van der Waals surface area contributed by atoms with Crippen molar-refractivity contribution in [2.45, 2.75) is 20.8 Å². The minimum atomic E-state index is -1.03. The third-order valence-corrected chi connectivity index (χ3v) is 2.56. The van der Waals surface area contributed by atoms with Crippen LogP contribution in [0.25, 0.3) is 11.2 Å². The smallest absolute Gasteiger partial charge is 0.328 e. The molecule has 106 valence electrons. The van der Waals surface area contributed by atoms with Gasteiger partial charge in [0, 0.05) is 5.41 Å². The molecule has 9 heteroatoms. The standard InChI is InChI=1S/C11H14N6O3/c1-11(2,3)8(19)17(9(12)20)10-15-6-5(7(18)16-10)13-4-14-6/h4H,1-3H3,(H2,12,20)(H2,13,14,15,16,18). The van der Waals surface area contributed by atoms with E-state index in [2.05, 4.69) is 19.9 Å². The molecule has 0 aliphatic heterocycles. The molecule has 2 aromatic rings. The Morgan fingerprint density at radius 2 is 2.00 bits per heavy atom. The monoisotopic (exact) mass is 278 g/mol. The number of aromatic nitrogens is 4. The predicted molar refractivity (Wildman–Crippen MR) is 71.0 cm³/mol. The second-order valence-electron chi connectivity index (χ2n) is 5.22. The Bertz CT molecular complexity index is 738. The van der Waals surface area contributed by atoms with Crippen LogP contribution in [0, 0.1) is 5.41 Å². The summed E-state index contributed by atoms with van der Waals surface area (Å²) in [6, 6.07) is -1.03. The number of carbonyl (C=O) groups is 2. The van der Waals surface area contributed by atoms with Crippen LogP contribution in [0.3, 0.4) is 0 Å². The molecule has 4 N–H and O–H groups in total. The molecule has 0 aliphatic rings. The number of carbonyl (C=O) groups excluding carboxylic acids is 2. The summed E-state index contributed by atoms with van der Waals surface area (Å²) in [4.78, 5) is 48.9. The number of aromatic amines is 2. The van der Waals surface area contributed by atoms with E-state index >= 15 is 0 Å². The van der Waals surface area contributed by atoms with Gasteiger partial charge in [0.05, 0.1) is 6.33 Å². The van der Waals surface area contributed by atoms with Crippen molar-refractivity contribution in [3.8, 4) is 0 Å². The lowest BCUT2D eigenvalue weighted by atomic mass is 9.95. The molecular weight excluding hydrogens is 264 g/mol. The highest BCUT2D eigenvalue weighted by atomic mass is 16.2. The summed E-state index contributed by atoms with van der Waals surface area (Å²) < 4.78 is 0. The summed E-state index contributed by atoms with van der Waals surface area (Å²) in [6.45, 7) is 4.86. The number of imide groups is 1. The van der Waals surface area contributed by atoms with Gasteiger partial charge in [-0.3, -0.25) is 14.6 Å². The average molecular weight is 278 g/mol. The van der Waals surface area contributed by atoms with Crippen LogP contribution in [0.4, 0.5) is 10.7 Å². The van der Waals surface area contributed by atoms with Crippen LogP contribution in [-0.2, 0) is 4.79 Å². The number of hydrogen-bond donors (Lipinski definition) is 3. The Balaban J connectivity index is 2.61. The fraction of sp³-hybridized carbons (Fsp3) is 0.364. The Morgan fingerprint density at radius 3 is 2.55 bits per heavy atom. The first-order valence-electron chi connectivity index (χ1n) is 5.79. The minimum Gasteiger partial charge on any atom is -0.351 e. The van der Waals surface area contributed by atoms with E-state index in [0.29, 0.717) is 4.90 Å².